The summed E-state index contributed by atoms with van der Waals surface area (Å²) in [6.45, 7) is -0.553. The molecule has 150 valence electrons. The number of anilines is 1. The van der Waals surface area contributed by atoms with Crippen LogP contribution >= 0.6 is 0 Å². The molecule has 29 heavy (non-hydrogen) atoms. The maximum Gasteiger partial charge on any atom is 0.243 e. The van der Waals surface area contributed by atoms with Gasteiger partial charge in [-0.3, -0.25) is 4.79 Å². The molecule has 3 aromatic rings. The average Bonchev–Trinajstić information content (AvgIpc) is 2.68. The van der Waals surface area contributed by atoms with E-state index in [1.165, 1.54) is 18.2 Å². The molecule has 0 fully saturated rings. The van der Waals surface area contributed by atoms with Crippen molar-refractivity contribution in [1.82, 2.24) is 4.31 Å². The van der Waals surface area contributed by atoms with E-state index in [1.807, 2.05) is 0 Å². The maximum absolute atomic E-state index is 13.3. The van der Waals surface area contributed by atoms with Gasteiger partial charge in [0.2, 0.25) is 15.9 Å². The fourth-order valence-corrected chi connectivity index (χ4v) is 4.08. The molecule has 0 heterocycles. The minimum absolute atomic E-state index is 0.0584. The van der Waals surface area contributed by atoms with Crippen LogP contribution in [0, 0.1) is 11.6 Å². The number of sulfonamides is 1. The third-order valence-corrected chi connectivity index (χ3v) is 5.89. The van der Waals surface area contributed by atoms with Gasteiger partial charge >= 0.3 is 0 Å². The van der Waals surface area contributed by atoms with Gasteiger partial charge < -0.3 is 5.32 Å². The molecule has 8 heteroatoms. The summed E-state index contributed by atoms with van der Waals surface area (Å²) in [6, 6.07) is 18.4. The molecule has 0 aliphatic heterocycles. The van der Waals surface area contributed by atoms with E-state index >= 15 is 0 Å². The fraction of sp³-hybridized carbons (Fsp3) is 0.0952. The minimum atomic E-state index is -4.08. The Balaban J connectivity index is 1.86. The molecule has 0 saturated heterocycles. The normalized spacial score (nSPS) is 11.4. The molecule has 0 aromatic heterocycles. The summed E-state index contributed by atoms with van der Waals surface area (Å²) in [5, 5.41) is 2.49. The topological polar surface area (TPSA) is 66.5 Å². The zero-order valence-corrected chi connectivity index (χ0v) is 16.1. The molecule has 0 bridgehead atoms. The summed E-state index contributed by atoms with van der Waals surface area (Å²) in [5.74, 6) is -1.72. The number of carbonyl (C=O) groups is 1. The molecule has 1 amide bonds. The van der Waals surface area contributed by atoms with E-state index in [-0.39, 0.29) is 17.1 Å². The number of nitrogens with zero attached hydrogens (tertiary/aromatic N) is 1. The monoisotopic (exact) mass is 416 g/mol. The van der Waals surface area contributed by atoms with Crippen molar-refractivity contribution in [2.75, 3.05) is 11.9 Å². The van der Waals surface area contributed by atoms with Gasteiger partial charge in [-0.05, 0) is 48.0 Å². The quantitative estimate of drug-likeness (QED) is 0.637. The van der Waals surface area contributed by atoms with Gasteiger partial charge in [-0.2, -0.15) is 4.31 Å². The number of halogens is 2. The number of rotatable bonds is 7. The number of nitrogens with one attached hydrogen (secondary N) is 1. The summed E-state index contributed by atoms with van der Waals surface area (Å²) in [4.78, 5) is 12.3. The molecule has 0 radical (unpaired) electrons. The first kappa shape index (κ1) is 20.6. The second-order valence-electron chi connectivity index (χ2n) is 6.27. The van der Waals surface area contributed by atoms with Crippen molar-refractivity contribution in [3.63, 3.8) is 0 Å². The number of hydrogen-bond acceptors (Lipinski definition) is 3. The van der Waals surface area contributed by atoms with Crippen molar-refractivity contribution in [2.24, 2.45) is 0 Å². The van der Waals surface area contributed by atoms with Gasteiger partial charge in [0, 0.05) is 12.2 Å². The van der Waals surface area contributed by atoms with Gasteiger partial charge in [0.05, 0.1) is 11.4 Å². The van der Waals surface area contributed by atoms with Crippen LogP contribution in [0.5, 0.6) is 0 Å². The second-order valence-corrected chi connectivity index (χ2v) is 8.21. The molecule has 0 unspecified atom stereocenters. The molecular weight excluding hydrogens is 398 g/mol. The van der Waals surface area contributed by atoms with Crippen LogP contribution in [0.2, 0.25) is 0 Å². The molecule has 5 nitrogen and oxygen atoms in total. The van der Waals surface area contributed by atoms with Crippen LogP contribution in [0.3, 0.4) is 0 Å². The third kappa shape index (κ3) is 5.46. The Morgan fingerprint density at radius 1 is 0.862 bits per heavy atom. The first-order valence-electron chi connectivity index (χ1n) is 8.70. The van der Waals surface area contributed by atoms with E-state index in [1.54, 1.807) is 30.3 Å². The Hall–Kier alpha value is -3.10. The van der Waals surface area contributed by atoms with Gasteiger partial charge in [0.1, 0.15) is 11.6 Å². The molecule has 0 spiro atoms. The zero-order chi connectivity index (χ0) is 20.9. The fourth-order valence-electron chi connectivity index (χ4n) is 2.70. The van der Waals surface area contributed by atoms with Crippen LogP contribution in [0.4, 0.5) is 14.5 Å². The number of carbonyl (C=O) groups excluding carboxylic acids is 1. The molecular formula is C21H18F2N2O3S. The zero-order valence-electron chi connectivity index (χ0n) is 15.3. The highest BCUT2D eigenvalue weighted by Gasteiger charge is 2.27. The Labute approximate surface area is 167 Å². The highest BCUT2D eigenvalue weighted by molar-refractivity contribution is 7.89. The molecule has 3 rings (SSSR count). The first-order chi connectivity index (χ1) is 13.8. The van der Waals surface area contributed by atoms with Gasteiger partial charge in [-0.25, -0.2) is 17.2 Å². The largest absolute Gasteiger partial charge is 0.325 e. The van der Waals surface area contributed by atoms with Crippen molar-refractivity contribution in [1.29, 1.82) is 0 Å². The van der Waals surface area contributed by atoms with Gasteiger partial charge in [-0.1, -0.05) is 36.4 Å². The van der Waals surface area contributed by atoms with Crippen molar-refractivity contribution in [2.45, 2.75) is 11.4 Å². The molecule has 0 atom stereocenters. The summed E-state index contributed by atoms with van der Waals surface area (Å²) in [7, 11) is -4.08. The van der Waals surface area contributed by atoms with E-state index in [2.05, 4.69) is 5.32 Å². The van der Waals surface area contributed by atoms with Gasteiger partial charge in [-0.15, -0.1) is 0 Å². The second kappa shape index (κ2) is 8.93. The lowest BCUT2D eigenvalue weighted by atomic mass is 10.2. The van der Waals surface area contributed by atoms with E-state index < -0.39 is 34.1 Å². The predicted octanol–water partition coefficient (Wildman–Crippen LogP) is 3.79. The Morgan fingerprint density at radius 3 is 2.21 bits per heavy atom. The van der Waals surface area contributed by atoms with E-state index in [4.69, 9.17) is 0 Å². The molecule has 0 saturated carbocycles. The highest BCUT2D eigenvalue weighted by Crippen LogP contribution is 2.19. The average molecular weight is 416 g/mol. The number of benzene rings is 3. The first-order valence-corrected chi connectivity index (χ1v) is 10.1. The summed E-state index contributed by atoms with van der Waals surface area (Å²) < 4.78 is 53.6. The molecule has 0 aliphatic carbocycles. The van der Waals surface area contributed by atoms with Crippen molar-refractivity contribution >= 4 is 21.6 Å². The Kier molecular flexibility index (Phi) is 6.36. The predicted molar refractivity (Wildman–Crippen MR) is 105 cm³/mol. The van der Waals surface area contributed by atoms with E-state index in [9.17, 15) is 22.0 Å². The minimum Gasteiger partial charge on any atom is -0.325 e. The van der Waals surface area contributed by atoms with Crippen molar-refractivity contribution in [3.05, 3.63) is 96.1 Å². The van der Waals surface area contributed by atoms with E-state index in [0.29, 0.717) is 5.56 Å². The third-order valence-electron chi connectivity index (χ3n) is 4.08. The Morgan fingerprint density at radius 2 is 1.55 bits per heavy atom. The Bertz CT molecular complexity index is 1090. The van der Waals surface area contributed by atoms with Crippen molar-refractivity contribution in [3.8, 4) is 0 Å². The van der Waals surface area contributed by atoms with Crippen LogP contribution in [0.25, 0.3) is 0 Å². The lowest BCUT2D eigenvalue weighted by molar-refractivity contribution is -0.116. The lowest BCUT2D eigenvalue weighted by Crippen LogP contribution is -2.37. The highest BCUT2D eigenvalue weighted by atomic mass is 32.2. The molecule has 1 N–H and O–H groups in total. The van der Waals surface area contributed by atoms with Crippen LogP contribution in [0.1, 0.15) is 5.56 Å². The number of amides is 1. The van der Waals surface area contributed by atoms with Gasteiger partial charge in [0.15, 0.2) is 0 Å². The molecule has 3 aromatic carbocycles. The summed E-state index contributed by atoms with van der Waals surface area (Å²) in [6.07, 6.45) is 0. The van der Waals surface area contributed by atoms with Crippen LogP contribution in [0.15, 0.2) is 83.8 Å². The molecule has 0 aliphatic rings. The van der Waals surface area contributed by atoms with Crippen LogP contribution in [-0.4, -0.2) is 25.2 Å². The van der Waals surface area contributed by atoms with Crippen LogP contribution in [-0.2, 0) is 21.4 Å². The SMILES string of the molecule is O=C(CN(Cc1ccccc1)S(=O)(=O)c1ccc(F)cc1)Nc1cccc(F)c1. The summed E-state index contributed by atoms with van der Waals surface area (Å²) >= 11 is 0. The van der Waals surface area contributed by atoms with E-state index in [0.717, 1.165) is 34.6 Å². The van der Waals surface area contributed by atoms with Crippen molar-refractivity contribution < 1.29 is 22.0 Å². The lowest BCUT2D eigenvalue weighted by Gasteiger charge is -2.22. The smallest absolute Gasteiger partial charge is 0.243 e. The number of hydrogen-bond donors (Lipinski definition) is 1. The maximum atomic E-state index is 13.3. The van der Waals surface area contributed by atoms with Crippen LogP contribution < -0.4 is 5.32 Å². The standard InChI is InChI=1S/C21H18F2N2O3S/c22-17-9-11-20(12-10-17)29(27,28)25(14-16-5-2-1-3-6-16)15-21(26)24-19-8-4-7-18(23)13-19/h1-13H,14-15H2,(H,24,26). The summed E-state index contributed by atoms with van der Waals surface area (Å²) in [5.41, 5.74) is 0.894. The van der Waals surface area contributed by atoms with Gasteiger partial charge in [0.25, 0.3) is 0 Å².